The molecule has 2 heterocycles. The Morgan fingerprint density at radius 2 is 1.85 bits per heavy atom. The first-order valence-electron chi connectivity index (χ1n) is 10.5. The number of thioether (sulfide) groups is 1. The van der Waals surface area contributed by atoms with Crippen LogP contribution in [0.1, 0.15) is 24.7 Å². The Kier molecular flexibility index (Phi) is 6.73. The average Bonchev–Trinajstić information content (AvgIpc) is 3.32. The first-order chi connectivity index (χ1) is 15.8. The van der Waals surface area contributed by atoms with Crippen molar-refractivity contribution in [2.45, 2.75) is 42.2 Å². The molecule has 0 aliphatic carbocycles. The number of aromatic amines is 1. The molecule has 0 spiro atoms. The predicted octanol–water partition coefficient (Wildman–Crippen LogP) is 2.92. The number of nitrogens with zero attached hydrogens (tertiary/aromatic N) is 5. The molecule has 0 bridgehead atoms. The Morgan fingerprint density at radius 1 is 1.09 bits per heavy atom. The van der Waals surface area contributed by atoms with Crippen molar-refractivity contribution in [1.29, 1.82) is 0 Å². The highest BCUT2D eigenvalue weighted by atomic mass is 32.2. The second-order valence-corrected chi connectivity index (χ2v) is 10.9. The van der Waals surface area contributed by atoms with Crippen LogP contribution in [0.4, 0.5) is 0 Å². The number of imidazole rings is 1. The van der Waals surface area contributed by atoms with Crippen molar-refractivity contribution in [3.05, 3.63) is 70.4 Å². The highest BCUT2D eigenvalue weighted by molar-refractivity contribution is 7.98. The highest BCUT2D eigenvalue weighted by Crippen LogP contribution is 2.26. The Morgan fingerprint density at radius 3 is 2.55 bits per heavy atom. The number of nitrogens with one attached hydrogen (secondary N) is 1. The molecule has 0 saturated carbocycles. The molecule has 0 radical (unpaired) electrons. The first kappa shape index (κ1) is 23.3. The first-order valence-corrected chi connectivity index (χ1v) is 13.0. The third kappa shape index (κ3) is 4.75. The van der Waals surface area contributed by atoms with E-state index in [1.54, 1.807) is 16.7 Å². The van der Waals surface area contributed by atoms with E-state index in [1.165, 1.54) is 30.2 Å². The molecule has 11 heteroatoms. The second kappa shape index (κ2) is 9.54. The van der Waals surface area contributed by atoms with Gasteiger partial charge in [0, 0.05) is 20.6 Å². The van der Waals surface area contributed by atoms with Crippen molar-refractivity contribution in [3.63, 3.8) is 0 Å². The summed E-state index contributed by atoms with van der Waals surface area (Å²) in [7, 11) is -0.525. The summed E-state index contributed by atoms with van der Waals surface area (Å²) in [5.74, 6) is 1.29. The molecule has 4 aromatic rings. The van der Waals surface area contributed by atoms with E-state index < -0.39 is 10.0 Å². The van der Waals surface area contributed by atoms with Crippen LogP contribution < -0.4 is 5.69 Å². The number of hydrogen-bond acceptors (Lipinski definition) is 6. The van der Waals surface area contributed by atoms with Crippen molar-refractivity contribution in [2.75, 3.05) is 14.1 Å². The zero-order valence-corrected chi connectivity index (χ0v) is 20.4. The minimum Gasteiger partial charge on any atom is -0.327 e. The normalized spacial score (nSPS) is 12.1. The van der Waals surface area contributed by atoms with E-state index in [0.29, 0.717) is 23.0 Å². The number of benzene rings is 2. The quantitative estimate of drug-likeness (QED) is 0.365. The van der Waals surface area contributed by atoms with Gasteiger partial charge in [-0.3, -0.25) is 4.57 Å². The summed E-state index contributed by atoms with van der Waals surface area (Å²) in [6, 6.07) is 14.8. The van der Waals surface area contributed by atoms with Gasteiger partial charge in [0.25, 0.3) is 0 Å². The molecular formula is C22H26N6O3S2. The average molecular weight is 487 g/mol. The van der Waals surface area contributed by atoms with Crippen molar-refractivity contribution < 1.29 is 8.42 Å². The van der Waals surface area contributed by atoms with Crippen LogP contribution in [0.3, 0.4) is 0 Å². The van der Waals surface area contributed by atoms with E-state index >= 15 is 0 Å². The summed E-state index contributed by atoms with van der Waals surface area (Å²) in [5, 5.41) is 7.30. The lowest BCUT2D eigenvalue weighted by Crippen LogP contribution is -2.22. The summed E-state index contributed by atoms with van der Waals surface area (Å²) in [6.07, 6.45) is 0.905. The fourth-order valence-corrected chi connectivity index (χ4v) is 5.38. The zero-order chi connectivity index (χ0) is 23.6. The van der Waals surface area contributed by atoms with Gasteiger partial charge in [-0.15, -0.1) is 5.10 Å². The van der Waals surface area contributed by atoms with Crippen molar-refractivity contribution in [3.8, 4) is 0 Å². The Hall–Kier alpha value is -2.89. The monoisotopic (exact) mass is 486 g/mol. The summed E-state index contributed by atoms with van der Waals surface area (Å²) in [6.45, 7) is 3.26. The molecule has 2 aromatic heterocycles. The van der Waals surface area contributed by atoms with Gasteiger partial charge in [-0.2, -0.15) is 0 Å². The van der Waals surface area contributed by atoms with Crippen molar-refractivity contribution >= 4 is 32.8 Å². The van der Waals surface area contributed by atoms with Crippen molar-refractivity contribution in [1.82, 2.24) is 28.6 Å². The van der Waals surface area contributed by atoms with Gasteiger partial charge >= 0.3 is 5.69 Å². The second-order valence-electron chi connectivity index (χ2n) is 7.79. The molecule has 174 valence electrons. The van der Waals surface area contributed by atoms with Crippen LogP contribution in [0, 0.1) is 0 Å². The molecule has 1 N–H and O–H groups in total. The summed E-state index contributed by atoms with van der Waals surface area (Å²) < 4.78 is 30.0. The molecule has 9 nitrogen and oxygen atoms in total. The lowest BCUT2D eigenvalue weighted by Gasteiger charge is -2.11. The van der Waals surface area contributed by atoms with Gasteiger partial charge in [-0.05, 0) is 30.2 Å². The van der Waals surface area contributed by atoms with Gasteiger partial charge in [-0.1, -0.05) is 49.0 Å². The Balaban J connectivity index is 1.64. The molecule has 0 aliphatic heterocycles. The number of aryl methyl sites for hydroxylation is 1. The third-order valence-corrected chi connectivity index (χ3v) is 8.05. The zero-order valence-electron chi connectivity index (χ0n) is 18.7. The van der Waals surface area contributed by atoms with E-state index in [2.05, 4.69) is 21.7 Å². The van der Waals surface area contributed by atoms with E-state index in [-0.39, 0.29) is 10.6 Å². The van der Waals surface area contributed by atoms with Crippen molar-refractivity contribution in [2.24, 2.45) is 0 Å². The van der Waals surface area contributed by atoms with Gasteiger partial charge in [0.05, 0.1) is 28.2 Å². The molecule has 33 heavy (non-hydrogen) atoms. The molecule has 0 saturated heterocycles. The number of hydrogen-bond donors (Lipinski definition) is 1. The SMILES string of the molecule is CCCn1c(CSc2n[nH]c(=O)n2Cc2ccccc2)nc2cc(S(=O)(=O)N(C)C)ccc21. The van der Waals surface area contributed by atoms with E-state index in [9.17, 15) is 13.2 Å². The van der Waals surface area contributed by atoms with Gasteiger partial charge in [0.15, 0.2) is 5.16 Å². The van der Waals surface area contributed by atoms with Gasteiger partial charge in [0.1, 0.15) is 5.82 Å². The molecule has 0 fully saturated rings. The van der Waals surface area contributed by atoms with Crippen LogP contribution >= 0.6 is 11.8 Å². The summed E-state index contributed by atoms with van der Waals surface area (Å²) >= 11 is 1.42. The standard InChI is InChI=1S/C22H26N6O3S2/c1-4-12-27-19-11-10-17(33(30,31)26(2)3)13-18(19)23-20(27)15-32-22-25-24-21(29)28(22)14-16-8-6-5-7-9-16/h5-11,13H,4,12,14-15H2,1-3H3,(H,24,29). The molecular weight excluding hydrogens is 460 g/mol. The van der Waals surface area contributed by atoms with E-state index in [1.807, 2.05) is 36.4 Å². The largest absolute Gasteiger partial charge is 0.344 e. The van der Waals surface area contributed by atoms with Crippen LogP contribution in [0.5, 0.6) is 0 Å². The van der Waals surface area contributed by atoms with Gasteiger partial charge in [-0.25, -0.2) is 27.6 Å². The number of H-pyrrole nitrogens is 1. The number of sulfonamides is 1. The molecule has 0 unspecified atom stereocenters. The van der Waals surface area contributed by atoms with Crippen LogP contribution in [-0.2, 0) is 28.9 Å². The van der Waals surface area contributed by atoms with Crippen LogP contribution in [-0.4, -0.2) is 51.1 Å². The molecule has 4 rings (SSSR count). The third-order valence-electron chi connectivity index (χ3n) is 5.26. The van der Waals surface area contributed by atoms with Crippen LogP contribution in [0.2, 0.25) is 0 Å². The minimum absolute atomic E-state index is 0.212. The molecule has 0 atom stereocenters. The lowest BCUT2D eigenvalue weighted by molar-refractivity contribution is 0.521. The maximum Gasteiger partial charge on any atom is 0.344 e. The maximum atomic E-state index is 12.5. The number of aromatic nitrogens is 5. The number of rotatable bonds is 9. The van der Waals surface area contributed by atoms with Crippen LogP contribution in [0.15, 0.2) is 63.4 Å². The van der Waals surface area contributed by atoms with E-state index in [4.69, 9.17) is 4.98 Å². The number of fused-ring (bicyclic) bond motifs is 1. The molecule has 2 aromatic carbocycles. The summed E-state index contributed by atoms with van der Waals surface area (Å²) in [5.41, 5.74) is 2.26. The van der Waals surface area contributed by atoms with Gasteiger partial charge in [0.2, 0.25) is 10.0 Å². The molecule has 0 amide bonds. The van der Waals surface area contributed by atoms with Crippen LogP contribution in [0.25, 0.3) is 11.0 Å². The van der Waals surface area contributed by atoms with E-state index in [0.717, 1.165) is 29.9 Å². The minimum atomic E-state index is -3.55. The Labute approximate surface area is 196 Å². The highest BCUT2D eigenvalue weighted by Gasteiger charge is 2.20. The fourth-order valence-electron chi connectivity index (χ4n) is 3.56. The Bertz CT molecular complexity index is 1420. The summed E-state index contributed by atoms with van der Waals surface area (Å²) in [4.78, 5) is 17.2. The smallest absolute Gasteiger partial charge is 0.327 e. The maximum absolute atomic E-state index is 12.5. The van der Waals surface area contributed by atoms with Gasteiger partial charge < -0.3 is 4.57 Å². The fraction of sp³-hybridized carbons (Fsp3) is 0.318. The predicted molar refractivity (Wildman–Crippen MR) is 129 cm³/mol. The lowest BCUT2D eigenvalue weighted by atomic mass is 10.2. The molecule has 0 aliphatic rings. The topological polar surface area (TPSA) is 106 Å².